The van der Waals surface area contributed by atoms with E-state index in [4.69, 9.17) is 4.98 Å². The molecule has 1 aromatic rings. The Balaban J connectivity index is 2.17. The summed E-state index contributed by atoms with van der Waals surface area (Å²) in [6.07, 6.45) is 4.90. The normalized spacial score (nSPS) is 11.2. The highest BCUT2D eigenvalue weighted by Gasteiger charge is 2.13. The molecule has 4 heteroatoms. The number of aromatic nitrogens is 1. The second kappa shape index (κ2) is 7.31. The standard InChI is InChI=1S/C20H25N3S/c1-5-6-7-8-14-11-17-20(13-18(14)23(3)4)24-19-12-15(21-2)9-10-16(19)22-17/h9-13H,5-8H2,1-4H3/p+1. The van der Waals surface area contributed by atoms with Crippen LogP contribution in [0.2, 0.25) is 0 Å². The van der Waals surface area contributed by atoms with Gasteiger partial charge < -0.3 is 5.32 Å². The minimum atomic E-state index is 1.07. The number of rotatable bonds is 5. The number of unbranched alkanes of at least 4 members (excludes halogenated alkanes) is 2. The van der Waals surface area contributed by atoms with E-state index in [9.17, 15) is 0 Å². The van der Waals surface area contributed by atoms with Crippen LogP contribution in [0.5, 0.6) is 0 Å². The average molecular weight is 341 g/mol. The predicted molar refractivity (Wildman–Crippen MR) is 106 cm³/mol. The Morgan fingerprint density at radius 3 is 2.67 bits per heavy atom. The van der Waals surface area contributed by atoms with E-state index >= 15 is 0 Å². The molecule has 1 aliphatic heterocycles. The van der Waals surface area contributed by atoms with E-state index in [0.717, 1.165) is 23.3 Å². The monoisotopic (exact) mass is 340 g/mol. The van der Waals surface area contributed by atoms with Crippen LogP contribution in [0, 0.1) is 0 Å². The Kier molecular flexibility index (Phi) is 5.14. The third-order valence-electron chi connectivity index (χ3n) is 4.40. The molecule has 0 saturated heterocycles. The molecule has 24 heavy (non-hydrogen) atoms. The number of nitrogens with one attached hydrogen (secondary N) is 1. The molecule has 126 valence electrons. The lowest BCUT2D eigenvalue weighted by atomic mass is 10.0. The second-order valence-corrected chi connectivity index (χ2v) is 7.53. The van der Waals surface area contributed by atoms with Crippen molar-refractivity contribution >= 4 is 27.2 Å². The molecule has 0 bridgehead atoms. The molecule has 1 aromatic carbocycles. The topological polar surface area (TPSA) is 27.9 Å². The highest BCUT2D eigenvalue weighted by molar-refractivity contribution is 7.21. The second-order valence-electron chi connectivity index (χ2n) is 6.45. The molecule has 0 saturated carbocycles. The van der Waals surface area contributed by atoms with Gasteiger partial charge in [0.25, 0.3) is 0 Å². The van der Waals surface area contributed by atoms with Gasteiger partial charge in [0.1, 0.15) is 14.1 Å². The van der Waals surface area contributed by atoms with Gasteiger partial charge in [-0.3, -0.25) is 0 Å². The highest BCUT2D eigenvalue weighted by Crippen LogP contribution is 2.31. The average Bonchev–Trinajstić information content (AvgIpc) is 2.59. The SMILES string of the molecule is CCCCCc1cc2nc3ccc(NC)cc3sc-2cc1=[N+](C)C. The van der Waals surface area contributed by atoms with E-state index in [1.54, 1.807) is 0 Å². The summed E-state index contributed by atoms with van der Waals surface area (Å²) in [4.78, 5) is 6.16. The highest BCUT2D eigenvalue weighted by atomic mass is 32.1. The van der Waals surface area contributed by atoms with Crippen LogP contribution in [0.3, 0.4) is 0 Å². The predicted octanol–water partition coefficient (Wildman–Crippen LogP) is 4.21. The van der Waals surface area contributed by atoms with Gasteiger partial charge in [-0.25, -0.2) is 9.56 Å². The van der Waals surface area contributed by atoms with Crippen molar-refractivity contribution in [2.45, 2.75) is 32.6 Å². The van der Waals surface area contributed by atoms with Crippen LogP contribution in [-0.2, 0) is 6.42 Å². The summed E-state index contributed by atoms with van der Waals surface area (Å²) in [6.45, 7) is 2.25. The van der Waals surface area contributed by atoms with Gasteiger partial charge in [-0.2, -0.15) is 0 Å². The molecular weight excluding hydrogens is 314 g/mol. The van der Waals surface area contributed by atoms with Crippen molar-refractivity contribution < 1.29 is 0 Å². The molecule has 1 heterocycles. The van der Waals surface area contributed by atoms with Crippen LogP contribution in [0.25, 0.3) is 20.8 Å². The Morgan fingerprint density at radius 2 is 1.96 bits per heavy atom. The molecule has 1 aliphatic carbocycles. The van der Waals surface area contributed by atoms with Gasteiger partial charge in [0.05, 0.1) is 20.8 Å². The summed E-state index contributed by atoms with van der Waals surface area (Å²) in [5.41, 5.74) is 4.72. The van der Waals surface area contributed by atoms with Crippen LogP contribution in [-0.4, -0.2) is 26.1 Å². The zero-order valence-corrected chi connectivity index (χ0v) is 15.8. The first kappa shape index (κ1) is 16.9. The summed E-state index contributed by atoms with van der Waals surface area (Å²) < 4.78 is 3.44. The van der Waals surface area contributed by atoms with Crippen molar-refractivity contribution in [1.29, 1.82) is 0 Å². The first-order valence-electron chi connectivity index (χ1n) is 8.68. The van der Waals surface area contributed by atoms with Crippen LogP contribution in [0.1, 0.15) is 31.7 Å². The third-order valence-corrected chi connectivity index (χ3v) is 5.49. The van der Waals surface area contributed by atoms with Gasteiger partial charge in [-0.05, 0) is 37.1 Å². The number of nitrogens with zero attached hydrogens (tertiary/aromatic N) is 2. The number of benzene rings is 2. The maximum Gasteiger partial charge on any atom is 0.204 e. The van der Waals surface area contributed by atoms with E-state index in [0.29, 0.717) is 0 Å². The van der Waals surface area contributed by atoms with Gasteiger partial charge in [0.2, 0.25) is 5.36 Å². The quantitative estimate of drug-likeness (QED) is 0.428. The van der Waals surface area contributed by atoms with Gasteiger partial charge in [0.15, 0.2) is 0 Å². The van der Waals surface area contributed by atoms with Crippen LogP contribution in [0.4, 0.5) is 5.69 Å². The molecule has 0 amide bonds. The number of fused-ring (bicyclic) bond motifs is 2. The lowest BCUT2D eigenvalue weighted by molar-refractivity contribution is 0.703. The Labute approximate surface area is 148 Å². The molecule has 0 unspecified atom stereocenters. The maximum atomic E-state index is 4.91. The number of hydrogen-bond donors (Lipinski definition) is 1. The Morgan fingerprint density at radius 1 is 1.12 bits per heavy atom. The van der Waals surface area contributed by atoms with E-state index in [1.165, 1.54) is 39.8 Å². The molecule has 3 rings (SSSR count). The maximum absolute atomic E-state index is 4.91. The van der Waals surface area contributed by atoms with Crippen LogP contribution < -0.4 is 15.2 Å². The van der Waals surface area contributed by atoms with E-state index in [2.05, 4.69) is 61.2 Å². The van der Waals surface area contributed by atoms with Gasteiger partial charge >= 0.3 is 0 Å². The summed E-state index contributed by atoms with van der Waals surface area (Å²) in [5.74, 6) is 0. The van der Waals surface area contributed by atoms with E-state index in [-0.39, 0.29) is 0 Å². The Bertz CT molecular complexity index is 891. The summed E-state index contributed by atoms with van der Waals surface area (Å²) >= 11 is 1.82. The summed E-state index contributed by atoms with van der Waals surface area (Å²) in [6, 6.07) is 11.0. The minimum absolute atomic E-state index is 1.07. The molecule has 1 N–H and O–H groups in total. The molecule has 0 aromatic heterocycles. The molecule has 0 spiro atoms. The van der Waals surface area contributed by atoms with Crippen molar-refractivity contribution in [2.75, 3.05) is 26.5 Å². The molecular formula is C20H26N3S+. The zero-order valence-electron chi connectivity index (χ0n) is 15.0. The third kappa shape index (κ3) is 3.44. The lowest BCUT2D eigenvalue weighted by Gasteiger charge is -2.10. The van der Waals surface area contributed by atoms with Crippen molar-refractivity contribution in [3.05, 3.63) is 41.3 Å². The molecule has 2 aliphatic rings. The van der Waals surface area contributed by atoms with E-state index < -0.39 is 0 Å². The molecule has 0 atom stereocenters. The van der Waals surface area contributed by atoms with Crippen molar-refractivity contribution in [3.63, 3.8) is 0 Å². The minimum Gasteiger partial charge on any atom is -0.388 e. The number of aryl methyl sites for hydroxylation is 1. The van der Waals surface area contributed by atoms with Gasteiger partial charge in [-0.15, -0.1) is 11.3 Å². The first-order valence-corrected chi connectivity index (χ1v) is 9.49. The van der Waals surface area contributed by atoms with Gasteiger partial charge in [0, 0.05) is 24.4 Å². The largest absolute Gasteiger partial charge is 0.388 e. The molecule has 0 radical (unpaired) electrons. The zero-order chi connectivity index (χ0) is 17.1. The molecule has 3 nitrogen and oxygen atoms in total. The number of hydrogen-bond acceptors (Lipinski definition) is 3. The fourth-order valence-corrected chi connectivity index (χ4v) is 4.06. The van der Waals surface area contributed by atoms with E-state index in [1.807, 2.05) is 18.4 Å². The molecule has 0 fully saturated rings. The van der Waals surface area contributed by atoms with Gasteiger partial charge in [-0.1, -0.05) is 19.8 Å². The fourth-order valence-electron chi connectivity index (χ4n) is 3.04. The van der Waals surface area contributed by atoms with Crippen molar-refractivity contribution in [3.8, 4) is 10.6 Å². The van der Waals surface area contributed by atoms with Crippen molar-refractivity contribution in [2.24, 2.45) is 0 Å². The summed E-state index contributed by atoms with van der Waals surface area (Å²) in [7, 11) is 6.21. The van der Waals surface area contributed by atoms with Crippen LogP contribution >= 0.6 is 11.3 Å². The first-order chi connectivity index (χ1) is 11.6. The van der Waals surface area contributed by atoms with Crippen molar-refractivity contribution in [1.82, 2.24) is 9.56 Å². The fraction of sp³-hybridized carbons (Fsp3) is 0.400. The summed E-state index contributed by atoms with van der Waals surface area (Å²) in [5, 5.41) is 4.53. The number of anilines is 1. The Hall–Kier alpha value is -1.94. The lowest BCUT2D eigenvalue weighted by Crippen LogP contribution is -2.26. The smallest absolute Gasteiger partial charge is 0.204 e. The van der Waals surface area contributed by atoms with Crippen LogP contribution in [0.15, 0.2) is 30.3 Å².